The Morgan fingerprint density at radius 1 is 1.45 bits per heavy atom. The summed E-state index contributed by atoms with van der Waals surface area (Å²) in [5.41, 5.74) is 0. The van der Waals surface area contributed by atoms with E-state index in [2.05, 4.69) is 4.84 Å². The van der Waals surface area contributed by atoms with Crippen LogP contribution in [-0.4, -0.2) is 23.9 Å². The van der Waals surface area contributed by atoms with Crippen LogP contribution in [0.15, 0.2) is 0 Å². The smallest absolute Gasteiger partial charge is 0.273 e. The van der Waals surface area contributed by atoms with Crippen molar-refractivity contribution in [2.75, 3.05) is 6.54 Å². The van der Waals surface area contributed by atoms with E-state index in [1.54, 1.807) is 0 Å². The van der Waals surface area contributed by atoms with Crippen molar-refractivity contribution in [3.8, 4) is 0 Å². The molecule has 0 unspecified atom stereocenters. The highest BCUT2D eigenvalue weighted by Crippen LogP contribution is 2.21. The first kappa shape index (κ1) is 8.32. The molecular formula is C5H6F3NO2. The zero-order valence-electron chi connectivity index (χ0n) is 5.52. The fourth-order valence-electron chi connectivity index (χ4n) is 0.845. The number of alkyl halides is 3. The molecule has 0 bridgehead atoms. The monoisotopic (exact) mass is 169 g/mol. The van der Waals surface area contributed by atoms with Gasteiger partial charge >= 0.3 is 6.36 Å². The molecule has 1 heterocycles. The topological polar surface area (TPSA) is 29.5 Å². The summed E-state index contributed by atoms with van der Waals surface area (Å²) in [7, 11) is 0. The van der Waals surface area contributed by atoms with E-state index in [1.165, 1.54) is 0 Å². The molecule has 0 spiro atoms. The van der Waals surface area contributed by atoms with Crippen LogP contribution in [0.4, 0.5) is 13.2 Å². The quantitative estimate of drug-likeness (QED) is 0.587. The lowest BCUT2D eigenvalue weighted by atomic mass is 10.4. The van der Waals surface area contributed by atoms with Gasteiger partial charge in [0.1, 0.15) is 0 Å². The molecule has 1 aliphatic rings. The highest BCUT2D eigenvalue weighted by atomic mass is 19.4. The van der Waals surface area contributed by atoms with Crippen molar-refractivity contribution in [3.63, 3.8) is 0 Å². The third-order valence-corrected chi connectivity index (χ3v) is 1.24. The Hall–Kier alpha value is -0.780. The first-order valence-corrected chi connectivity index (χ1v) is 3.05. The summed E-state index contributed by atoms with van der Waals surface area (Å²) in [5, 5.41) is 0.347. The van der Waals surface area contributed by atoms with E-state index in [4.69, 9.17) is 0 Å². The standard InChI is InChI=1S/C5H6F3NO2/c6-5(7,8)11-9-3-1-2-4(9)10/h1-3H2. The molecule has 0 N–H and O–H groups in total. The van der Waals surface area contributed by atoms with Gasteiger partial charge in [-0.15, -0.1) is 13.2 Å². The minimum atomic E-state index is -4.75. The third kappa shape index (κ3) is 2.38. The van der Waals surface area contributed by atoms with Crippen LogP contribution in [-0.2, 0) is 9.63 Å². The minimum Gasteiger partial charge on any atom is -0.273 e. The van der Waals surface area contributed by atoms with E-state index >= 15 is 0 Å². The summed E-state index contributed by atoms with van der Waals surface area (Å²) >= 11 is 0. The van der Waals surface area contributed by atoms with Crippen LogP contribution in [0.3, 0.4) is 0 Å². The van der Waals surface area contributed by atoms with E-state index in [9.17, 15) is 18.0 Å². The summed E-state index contributed by atoms with van der Waals surface area (Å²) in [6.45, 7) is 0.0261. The average Bonchev–Trinajstić information content (AvgIpc) is 2.12. The molecule has 1 rings (SSSR count). The normalized spacial score (nSPS) is 19.5. The maximum atomic E-state index is 11.5. The van der Waals surface area contributed by atoms with Gasteiger partial charge in [0.2, 0.25) is 5.91 Å². The molecular weight excluding hydrogens is 163 g/mol. The van der Waals surface area contributed by atoms with E-state index in [0.717, 1.165) is 0 Å². The zero-order valence-corrected chi connectivity index (χ0v) is 5.52. The second-order valence-electron chi connectivity index (χ2n) is 2.14. The first-order valence-electron chi connectivity index (χ1n) is 3.05. The predicted octanol–water partition coefficient (Wildman–Crippen LogP) is 1.06. The van der Waals surface area contributed by atoms with E-state index in [0.29, 0.717) is 11.5 Å². The summed E-state index contributed by atoms with van der Waals surface area (Å²) < 4.78 is 34.4. The van der Waals surface area contributed by atoms with Crippen molar-refractivity contribution in [1.29, 1.82) is 0 Å². The lowest BCUT2D eigenvalue weighted by Crippen LogP contribution is -2.32. The zero-order chi connectivity index (χ0) is 8.48. The van der Waals surface area contributed by atoms with Gasteiger partial charge in [-0.1, -0.05) is 0 Å². The Morgan fingerprint density at radius 2 is 2.09 bits per heavy atom. The fraction of sp³-hybridized carbons (Fsp3) is 0.800. The highest BCUT2D eigenvalue weighted by molar-refractivity contribution is 5.76. The van der Waals surface area contributed by atoms with Gasteiger partial charge in [0.25, 0.3) is 0 Å². The van der Waals surface area contributed by atoms with Crippen LogP contribution in [0, 0.1) is 0 Å². The molecule has 0 aromatic carbocycles. The molecule has 3 nitrogen and oxygen atoms in total. The maximum absolute atomic E-state index is 11.5. The molecule has 1 amide bonds. The van der Waals surface area contributed by atoms with Gasteiger partial charge in [-0.3, -0.25) is 4.79 Å². The highest BCUT2D eigenvalue weighted by Gasteiger charge is 2.37. The van der Waals surface area contributed by atoms with Crippen molar-refractivity contribution in [2.45, 2.75) is 19.2 Å². The van der Waals surface area contributed by atoms with Gasteiger partial charge in [0.15, 0.2) is 0 Å². The van der Waals surface area contributed by atoms with E-state index in [-0.39, 0.29) is 13.0 Å². The molecule has 0 aromatic rings. The van der Waals surface area contributed by atoms with Crippen LogP contribution in [0.5, 0.6) is 0 Å². The van der Waals surface area contributed by atoms with Gasteiger partial charge in [-0.05, 0) is 6.42 Å². The largest absolute Gasteiger partial charge is 0.544 e. The van der Waals surface area contributed by atoms with Gasteiger partial charge in [-0.25, -0.2) is 5.06 Å². The number of rotatable bonds is 1. The molecule has 1 fully saturated rings. The number of carbonyl (C=O) groups is 1. The molecule has 0 saturated carbocycles. The second-order valence-corrected chi connectivity index (χ2v) is 2.14. The molecule has 0 aromatic heterocycles. The summed E-state index contributed by atoms with van der Waals surface area (Å²) in [5.74, 6) is -0.609. The third-order valence-electron chi connectivity index (χ3n) is 1.24. The Morgan fingerprint density at radius 3 is 2.45 bits per heavy atom. The van der Waals surface area contributed by atoms with Gasteiger partial charge in [0, 0.05) is 13.0 Å². The Balaban J connectivity index is 2.43. The fourth-order valence-corrected chi connectivity index (χ4v) is 0.845. The Kier molecular flexibility index (Phi) is 2.03. The lowest BCUT2D eigenvalue weighted by Gasteiger charge is -2.15. The maximum Gasteiger partial charge on any atom is 0.544 e. The molecule has 0 radical (unpaired) electrons. The van der Waals surface area contributed by atoms with Crippen LogP contribution in [0.1, 0.15) is 12.8 Å². The van der Waals surface area contributed by atoms with E-state index in [1.807, 2.05) is 0 Å². The van der Waals surface area contributed by atoms with Gasteiger partial charge < -0.3 is 0 Å². The van der Waals surface area contributed by atoms with Crippen molar-refractivity contribution < 1.29 is 22.8 Å². The van der Waals surface area contributed by atoms with Crippen molar-refractivity contribution in [1.82, 2.24) is 5.06 Å². The molecule has 1 saturated heterocycles. The number of halogens is 3. The number of hydrogen-bond donors (Lipinski definition) is 0. The minimum absolute atomic E-state index is 0.0261. The molecule has 0 atom stereocenters. The molecule has 1 aliphatic heterocycles. The lowest BCUT2D eigenvalue weighted by molar-refractivity contribution is -0.399. The van der Waals surface area contributed by atoms with Crippen LogP contribution in [0.25, 0.3) is 0 Å². The SMILES string of the molecule is O=C1CCCN1OC(F)(F)F. The summed E-state index contributed by atoms with van der Waals surface area (Å²) in [6, 6.07) is 0. The number of hydroxylamine groups is 2. The molecule has 0 aliphatic carbocycles. The number of carbonyl (C=O) groups excluding carboxylic acids is 1. The average molecular weight is 169 g/mol. The second kappa shape index (κ2) is 2.69. The Bertz CT molecular complexity index is 168. The van der Waals surface area contributed by atoms with Crippen molar-refractivity contribution >= 4 is 5.91 Å². The first-order chi connectivity index (χ1) is 4.99. The van der Waals surface area contributed by atoms with Crippen molar-refractivity contribution in [2.24, 2.45) is 0 Å². The summed E-state index contributed by atoms with van der Waals surface area (Å²) in [4.78, 5) is 13.9. The van der Waals surface area contributed by atoms with Crippen LogP contribution in [0.2, 0.25) is 0 Å². The molecule has 6 heteroatoms. The van der Waals surface area contributed by atoms with Gasteiger partial charge in [0.05, 0.1) is 0 Å². The molecule has 11 heavy (non-hydrogen) atoms. The number of nitrogens with zero attached hydrogens (tertiary/aromatic N) is 1. The van der Waals surface area contributed by atoms with Crippen molar-refractivity contribution in [3.05, 3.63) is 0 Å². The molecule has 64 valence electrons. The number of amides is 1. The Labute approximate surface area is 60.7 Å². The van der Waals surface area contributed by atoms with Crippen LogP contribution >= 0.6 is 0 Å². The van der Waals surface area contributed by atoms with Gasteiger partial charge in [-0.2, -0.15) is 4.84 Å². The summed E-state index contributed by atoms with van der Waals surface area (Å²) in [6.07, 6.45) is -4.19. The van der Waals surface area contributed by atoms with Crippen LogP contribution < -0.4 is 0 Å². The number of hydrogen-bond acceptors (Lipinski definition) is 2. The van der Waals surface area contributed by atoms with E-state index < -0.39 is 12.3 Å². The predicted molar refractivity (Wildman–Crippen MR) is 28.1 cm³/mol.